The molecule has 13 heteroatoms. The molecule has 0 heterocycles. The Labute approximate surface area is 288 Å². The van der Waals surface area contributed by atoms with Crippen molar-refractivity contribution in [1.82, 2.24) is 0 Å². The lowest BCUT2D eigenvalue weighted by Crippen LogP contribution is -2.57. The van der Waals surface area contributed by atoms with E-state index in [-0.39, 0.29) is 5.57 Å². The van der Waals surface area contributed by atoms with E-state index in [0.717, 1.165) is 20.8 Å². The highest BCUT2D eigenvalue weighted by molar-refractivity contribution is 5.92. The van der Waals surface area contributed by atoms with Crippen LogP contribution in [0.3, 0.4) is 0 Å². The standard InChI is InChI=1S/C36H54O13/c1-13-18(3)32(42)48-30-25-26(40)21(6)27(45-22(7)37)28(46-23(8)38)31(47-24(9)39)34(10,11)16-15-20(5)29(41)36(25,44)17-35(30,12)49-33(43)19(4)14-2/h15-16,18-20,25-28,30-31,40,44H,6,13-14,17H2,1-5,7-12H3. The van der Waals surface area contributed by atoms with Crippen molar-refractivity contribution in [3.05, 3.63) is 24.3 Å². The number of aliphatic hydroxyl groups is 2. The second-order valence-electron chi connectivity index (χ2n) is 14.3. The van der Waals surface area contributed by atoms with Gasteiger partial charge in [-0.25, -0.2) is 0 Å². The van der Waals surface area contributed by atoms with E-state index in [4.69, 9.17) is 23.7 Å². The minimum atomic E-state index is -2.51. The summed E-state index contributed by atoms with van der Waals surface area (Å²) in [5, 5.41) is 24.7. The summed E-state index contributed by atoms with van der Waals surface area (Å²) in [6.45, 7) is 20.2. The van der Waals surface area contributed by atoms with Crippen LogP contribution >= 0.6 is 0 Å². The first-order chi connectivity index (χ1) is 22.5. The van der Waals surface area contributed by atoms with Crippen LogP contribution in [0, 0.1) is 29.1 Å². The van der Waals surface area contributed by atoms with E-state index in [0.29, 0.717) is 12.8 Å². The number of allylic oxidation sites excluding steroid dienone is 1. The molecule has 49 heavy (non-hydrogen) atoms. The maximum absolute atomic E-state index is 14.4. The molecule has 2 N–H and O–H groups in total. The van der Waals surface area contributed by atoms with Gasteiger partial charge in [-0.05, 0) is 25.3 Å². The largest absolute Gasteiger partial charge is 0.458 e. The van der Waals surface area contributed by atoms with E-state index < -0.39 is 113 Å². The third-order valence-electron chi connectivity index (χ3n) is 9.66. The quantitative estimate of drug-likeness (QED) is 0.203. The zero-order chi connectivity index (χ0) is 37.8. The first kappa shape index (κ1) is 41.6. The van der Waals surface area contributed by atoms with Crippen molar-refractivity contribution in [3.8, 4) is 0 Å². The van der Waals surface area contributed by atoms with Crippen LogP contribution in [-0.4, -0.2) is 87.6 Å². The third-order valence-corrected chi connectivity index (χ3v) is 9.66. The molecule has 0 aliphatic heterocycles. The van der Waals surface area contributed by atoms with Crippen molar-refractivity contribution in [2.45, 2.75) is 137 Å². The van der Waals surface area contributed by atoms with E-state index in [1.807, 2.05) is 0 Å². The monoisotopic (exact) mass is 694 g/mol. The van der Waals surface area contributed by atoms with Crippen LogP contribution in [0.25, 0.3) is 0 Å². The Hall–Kier alpha value is -3.58. The van der Waals surface area contributed by atoms with E-state index in [1.165, 1.54) is 19.9 Å². The van der Waals surface area contributed by atoms with Crippen LogP contribution < -0.4 is 0 Å². The molecule has 13 nitrogen and oxygen atoms in total. The van der Waals surface area contributed by atoms with Gasteiger partial charge in [0.25, 0.3) is 0 Å². The Morgan fingerprint density at radius 2 is 1.39 bits per heavy atom. The molecule has 11 atom stereocenters. The number of aliphatic hydroxyl groups excluding tert-OH is 1. The number of esters is 5. The highest BCUT2D eigenvalue weighted by atomic mass is 16.6. The predicted octanol–water partition coefficient (Wildman–Crippen LogP) is 3.56. The number of fused-ring (bicyclic) bond motifs is 1. The van der Waals surface area contributed by atoms with Crippen LogP contribution in [0.1, 0.15) is 95.4 Å². The predicted molar refractivity (Wildman–Crippen MR) is 175 cm³/mol. The number of Topliss-reactive ketones (excluding diaryl/α,β-unsaturated/α-hetero) is 1. The Morgan fingerprint density at radius 1 is 0.878 bits per heavy atom. The molecule has 11 unspecified atom stereocenters. The zero-order valence-corrected chi connectivity index (χ0v) is 30.6. The second kappa shape index (κ2) is 16.0. The first-order valence-electron chi connectivity index (χ1n) is 16.7. The van der Waals surface area contributed by atoms with Crippen molar-refractivity contribution in [3.63, 3.8) is 0 Å². The SMILES string of the molecule is C=C1C(O)C2C(OC(=O)C(C)CC)C(C)(OC(=O)C(C)CC)CC2(O)C(=O)C(C)C=CC(C)(C)C(OC(C)=O)C(OC(C)=O)C1OC(C)=O. The molecule has 1 fully saturated rings. The lowest BCUT2D eigenvalue weighted by Gasteiger charge is -2.43. The summed E-state index contributed by atoms with van der Waals surface area (Å²) in [5.74, 6) is -8.76. The van der Waals surface area contributed by atoms with Gasteiger partial charge in [0.1, 0.15) is 11.2 Å². The molecule has 0 aromatic heterocycles. The van der Waals surface area contributed by atoms with Gasteiger partial charge in [0.2, 0.25) is 0 Å². The molecule has 2 aliphatic rings. The van der Waals surface area contributed by atoms with Crippen LogP contribution in [0.15, 0.2) is 24.3 Å². The van der Waals surface area contributed by atoms with Crippen LogP contribution in [-0.2, 0) is 52.5 Å². The highest BCUT2D eigenvalue weighted by Gasteiger charge is 2.69. The fourth-order valence-electron chi connectivity index (χ4n) is 6.45. The van der Waals surface area contributed by atoms with Crippen molar-refractivity contribution >= 4 is 35.6 Å². The summed E-state index contributed by atoms with van der Waals surface area (Å²) < 4.78 is 28.8. The lowest BCUT2D eigenvalue weighted by molar-refractivity contribution is -0.193. The Morgan fingerprint density at radius 3 is 1.88 bits per heavy atom. The van der Waals surface area contributed by atoms with Gasteiger partial charge in [-0.2, -0.15) is 0 Å². The molecular weight excluding hydrogens is 640 g/mol. The van der Waals surface area contributed by atoms with Crippen molar-refractivity contribution in [1.29, 1.82) is 0 Å². The molecule has 276 valence electrons. The van der Waals surface area contributed by atoms with Crippen LogP contribution in [0.5, 0.6) is 0 Å². The molecule has 0 saturated heterocycles. The van der Waals surface area contributed by atoms with E-state index in [2.05, 4.69) is 6.58 Å². The van der Waals surface area contributed by atoms with E-state index in [9.17, 15) is 39.0 Å². The van der Waals surface area contributed by atoms with E-state index in [1.54, 1.807) is 47.6 Å². The molecular formula is C36H54O13. The lowest BCUT2D eigenvalue weighted by atomic mass is 9.72. The minimum Gasteiger partial charge on any atom is -0.458 e. The fourth-order valence-corrected chi connectivity index (χ4v) is 6.45. The van der Waals surface area contributed by atoms with Gasteiger partial charge >= 0.3 is 29.8 Å². The topological polar surface area (TPSA) is 189 Å². The van der Waals surface area contributed by atoms with Gasteiger partial charge in [-0.15, -0.1) is 0 Å². The summed E-state index contributed by atoms with van der Waals surface area (Å²) in [6, 6.07) is 0. The number of carbonyl (C=O) groups is 6. The summed E-state index contributed by atoms with van der Waals surface area (Å²) in [7, 11) is 0. The molecule has 0 aromatic rings. The number of carbonyl (C=O) groups excluding carboxylic acids is 6. The Kier molecular flexibility index (Phi) is 13.6. The molecule has 1 saturated carbocycles. The summed E-state index contributed by atoms with van der Waals surface area (Å²) in [6.07, 6.45) is -5.11. The van der Waals surface area contributed by atoms with Gasteiger partial charge in [0, 0.05) is 38.5 Å². The van der Waals surface area contributed by atoms with Crippen molar-refractivity contribution in [2.24, 2.45) is 29.1 Å². The third kappa shape index (κ3) is 9.16. The normalized spacial score (nSPS) is 34.3. The van der Waals surface area contributed by atoms with Gasteiger partial charge in [-0.1, -0.05) is 67.2 Å². The van der Waals surface area contributed by atoms with E-state index >= 15 is 0 Å². The zero-order valence-electron chi connectivity index (χ0n) is 30.6. The molecule has 0 aromatic carbocycles. The molecule has 0 amide bonds. The molecule has 2 aliphatic carbocycles. The molecule has 2 rings (SSSR count). The van der Waals surface area contributed by atoms with Crippen LogP contribution in [0.2, 0.25) is 0 Å². The van der Waals surface area contributed by atoms with Gasteiger partial charge in [0.15, 0.2) is 30.2 Å². The van der Waals surface area contributed by atoms with Crippen molar-refractivity contribution < 1.29 is 62.7 Å². The number of rotatable bonds is 9. The van der Waals surface area contributed by atoms with Crippen molar-refractivity contribution in [2.75, 3.05) is 0 Å². The Balaban J connectivity index is 3.03. The second-order valence-corrected chi connectivity index (χ2v) is 14.3. The maximum atomic E-state index is 14.4. The Bertz CT molecular complexity index is 1330. The summed E-state index contributed by atoms with van der Waals surface area (Å²) >= 11 is 0. The van der Waals surface area contributed by atoms with Gasteiger partial charge < -0.3 is 33.9 Å². The number of ether oxygens (including phenoxy) is 5. The highest BCUT2D eigenvalue weighted by Crippen LogP contribution is 2.52. The average Bonchev–Trinajstić information content (AvgIpc) is 3.23. The van der Waals surface area contributed by atoms with Gasteiger partial charge in [0.05, 0.1) is 23.9 Å². The summed E-state index contributed by atoms with van der Waals surface area (Å²) in [4.78, 5) is 78.4. The van der Waals surface area contributed by atoms with Gasteiger partial charge in [-0.3, -0.25) is 28.8 Å². The molecule has 0 radical (unpaired) electrons. The fraction of sp³-hybridized carbons (Fsp3) is 0.722. The number of ketones is 1. The molecule has 0 spiro atoms. The number of hydrogen-bond acceptors (Lipinski definition) is 13. The first-order valence-corrected chi connectivity index (χ1v) is 16.7. The minimum absolute atomic E-state index is 0.367. The smallest absolute Gasteiger partial charge is 0.309 e. The van der Waals surface area contributed by atoms with Crippen LogP contribution in [0.4, 0.5) is 0 Å². The molecule has 0 bridgehead atoms. The maximum Gasteiger partial charge on any atom is 0.309 e. The summed E-state index contributed by atoms with van der Waals surface area (Å²) in [5.41, 5.74) is -5.93. The number of hydrogen-bond donors (Lipinski definition) is 2. The average molecular weight is 695 g/mol.